The van der Waals surface area contributed by atoms with Gasteiger partial charge in [-0.2, -0.15) is 0 Å². The number of hydrogen-bond acceptors (Lipinski definition) is 3. The summed E-state index contributed by atoms with van der Waals surface area (Å²) in [5.41, 5.74) is -0.305. The second kappa shape index (κ2) is 7.28. The number of methoxy groups -OCH3 is 1. The summed E-state index contributed by atoms with van der Waals surface area (Å²) in [5.74, 6) is 0.523. The van der Waals surface area contributed by atoms with Crippen molar-refractivity contribution in [1.29, 1.82) is 0 Å². The van der Waals surface area contributed by atoms with Crippen molar-refractivity contribution in [2.24, 2.45) is 5.92 Å². The molecule has 0 aromatic heterocycles. The Kier molecular flexibility index (Phi) is 5.09. The standard InChI is InChI=1S/C21H25NO3/c1-21(24,17-11-13-18(25-2)14-12-17)19-10-7-15-22(19)20(23)16-8-5-3-4-6-9-16/h3-6,8-9,11-14,16,19,24H,7,10,15H2,1-2H3/t19-,21+/m0/s1. The van der Waals surface area contributed by atoms with E-state index in [4.69, 9.17) is 4.74 Å². The minimum Gasteiger partial charge on any atom is -0.497 e. The molecule has 1 heterocycles. The van der Waals surface area contributed by atoms with E-state index in [2.05, 4.69) is 0 Å². The van der Waals surface area contributed by atoms with Crippen molar-refractivity contribution in [2.75, 3.05) is 13.7 Å². The molecule has 1 aliphatic heterocycles. The summed E-state index contributed by atoms with van der Waals surface area (Å²) in [4.78, 5) is 14.8. The number of allylic oxidation sites excluding steroid dienone is 4. The monoisotopic (exact) mass is 339 g/mol. The highest BCUT2D eigenvalue weighted by molar-refractivity contribution is 5.83. The maximum absolute atomic E-state index is 13.0. The Labute approximate surface area is 149 Å². The van der Waals surface area contributed by atoms with Crippen molar-refractivity contribution in [3.05, 3.63) is 66.3 Å². The molecule has 0 radical (unpaired) electrons. The number of hydrogen-bond donors (Lipinski definition) is 1. The van der Waals surface area contributed by atoms with Gasteiger partial charge in [0.1, 0.15) is 11.4 Å². The van der Waals surface area contributed by atoms with Crippen LogP contribution < -0.4 is 4.74 Å². The van der Waals surface area contributed by atoms with Gasteiger partial charge < -0.3 is 14.7 Å². The van der Waals surface area contributed by atoms with Crippen molar-refractivity contribution in [1.82, 2.24) is 4.90 Å². The number of rotatable bonds is 4. The molecule has 1 fully saturated rings. The van der Waals surface area contributed by atoms with Crippen LogP contribution in [0.25, 0.3) is 0 Å². The lowest BCUT2D eigenvalue weighted by Crippen LogP contribution is -2.49. The number of benzene rings is 1. The lowest BCUT2D eigenvalue weighted by atomic mass is 9.86. The molecule has 4 nitrogen and oxygen atoms in total. The molecule has 1 saturated heterocycles. The predicted molar refractivity (Wildman–Crippen MR) is 98.2 cm³/mol. The van der Waals surface area contributed by atoms with Gasteiger partial charge in [-0.05, 0) is 37.5 Å². The second-order valence-electron chi connectivity index (χ2n) is 6.75. The van der Waals surface area contributed by atoms with Gasteiger partial charge in [0.25, 0.3) is 0 Å². The molecule has 4 heteroatoms. The lowest BCUT2D eigenvalue weighted by Gasteiger charge is -2.37. The van der Waals surface area contributed by atoms with E-state index >= 15 is 0 Å². The van der Waals surface area contributed by atoms with Crippen molar-refractivity contribution in [3.8, 4) is 5.75 Å². The van der Waals surface area contributed by atoms with Gasteiger partial charge in [0.2, 0.25) is 5.91 Å². The van der Waals surface area contributed by atoms with Crippen molar-refractivity contribution in [3.63, 3.8) is 0 Å². The van der Waals surface area contributed by atoms with E-state index in [0.29, 0.717) is 6.54 Å². The molecule has 1 aromatic rings. The van der Waals surface area contributed by atoms with Gasteiger partial charge >= 0.3 is 0 Å². The van der Waals surface area contributed by atoms with Crippen molar-refractivity contribution in [2.45, 2.75) is 31.4 Å². The minimum absolute atomic E-state index is 0.0486. The van der Waals surface area contributed by atoms with Crippen LogP contribution in [0.2, 0.25) is 0 Å². The average molecular weight is 339 g/mol. The normalized spacial score (nSPS) is 22.7. The summed E-state index contributed by atoms with van der Waals surface area (Å²) in [6, 6.07) is 7.19. The maximum atomic E-state index is 13.0. The fourth-order valence-electron chi connectivity index (χ4n) is 3.65. The molecule has 132 valence electrons. The Hall–Kier alpha value is -2.33. The van der Waals surface area contributed by atoms with E-state index in [9.17, 15) is 9.90 Å². The van der Waals surface area contributed by atoms with Crippen LogP contribution in [0.1, 0.15) is 25.3 Å². The van der Waals surface area contributed by atoms with Crippen molar-refractivity contribution >= 4 is 5.91 Å². The van der Waals surface area contributed by atoms with Crippen LogP contribution in [0.4, 0.5) is 0 Å². The number of carbonyl (C=O) groups is 1. The number of aliphatic hydroxyl groups is 1. The Bertz CT molecular complexity index is 684. The molecule has 1 aliphatic carbocycles. The van der Waals surface area contributed by atoms with E-state index < -0.39 is 5.60 Å². The first-order valence-electron chi connectivity index (χ1n) is 8.73. The van der Waals surface area contributed by atoms with Gasteiger partial charge in [-0.15, -0.1) is 0 Å². The zero-order valence-electron chi connectivity index (χ0n) is 14.8. The number of carbonyl (C=O) groups excluding carboxylic acids is 1. The third-order valence-electron chi connectivity index (χ3n) is 5.11. The zero-order valence-corrected chi connectivity index (χ0v) is 14.8. The molecule has 1 N–H and O–H groups in total. The summed E-state index contributed by atoms with van der Waals surface area (Å²) in [7, 11) is 1.62. The Morgan fingerprint density at radius 3 is 2.40 bits per heavy atom. The van der Waals surface area contributed by atoms with Crippen LogP contribution in [0.5, 0.6) is 5.75 Å². The lowest BCUT2D eigenvalue weighted by molar-refractivity contribution is -0.139. The Morgan fingerprint density at radius 1 is 1.16 bits per heavy atom. The van der Waals surface area contributed by atoms with E-state index in [-0.39, 0.29) is 17.9 Å². The van der Waals surface area contributed by atoms with Gasteiger partial charge in [0.15, 0.2) is 0 Å². The molecule has 0 saturated carbocycles. The first-order chi connectivity index (χ1) is 12.0. The molecule has 0 bridgehead atoms. The topological polar surface area (TPSA) is 49.8 Å². The van der Waals surface area contributed by atoms with E-state index in [0.717, 1.165) is 24.2 Å². The van der Waals surface area contributed by atoms with Crippen LogP contribution in [0.3, 0.4) is 0 Å². The highest BCUT2D eigenvalue weighted by Crippen LogP contribution is 2.36. The summed E-state index contributed by atoms with van der Waals surface area (Å²) in [6.07, 6.45) is 13.1. The van der Waals surface area contributed by atoms with E-state index in [1.807, 2.05) is 65.6 Å². The zero-order chi connectivity index (χ0) is 17.9. The molecule has 0 unspecified atom stereocenters. The number of amides is 1. The highest BCUT2D eigenvalue weighted by Gasteiger charge is 2.43. The largest absolute Gasteiger partial charge is 0.497 e. The fourth-order valence-corrected chi connectivity index (χ4v) is 3.65. The smallest absolute Gasteiger partial charge is 0.233 e. The van der Waals surface area contributed by atoms with Crippen LogP contribution in [-0.4, -0.2) is 35.6 Å². The molecule has 3 rings (SSSR count). The van der Waals surface area contributed by atoms with Crippen LogP contribution in [0, 0.1) is 5.92 Å². The summed E-state index contributed by atoms with van der Waals surface area (Å²) in [6.45, 7) is 2.48. The summed E-state index contributed by atoms with van der Waals surface area (Å²) in [5, 5.41) is 11.2. The third-order valence-corrected chi connectivity index (χ3v) is 5.11. The molecule has 25 heavy (non-hydrogen) atoms. The molecule has 2 aliphatic rings. The van der Waals surface area contributed by atoms with Gasteiger partial charge in [-0.3, -0.25) is 4.79 Å². The molecule has 0 spiro atoms. The summed E-state index contributed by atoms with van der Waals surface area (Å²) < 4.78 is 5.19. The number of likely N-dealkylation sites (tertiary alicyclic amines) is 1. The number of nitrogens with zero attached hydrogens (tertiary/aromatic N) is 1. The Morgan fingerprint density at radius 2 is 1.80 bits per heavy atom. The molecular formula is C21H25NO3. The van der Waals surface area contributed by atoms with Gasteiger partial charge in [-0.25, -0.2) is 0 Å². The van der Waals surface area contributed by atoms with E-state index in [1.165, 1.54) is 0 Å². The summed E-state index contributed by atoms with van der Waals surface area (Å²) >= 11 is 0. The van der Waals surface area contributed by atoms with Crippen molar-refractivity contribution < 1.29 is 14.6 Å². The minimum atomic E-state index is -1.10. The quantitative estimate of drug-likeness (QED) is 0.916. The van der Waals surface area contributed by atoms with Crippen LogP contribution >= 0.6 is 0 Å². The molecule has 1 amide bonds. The van der Waals surface area contributed by atoms with Crippen LogP contribution in [0.15, 0.2) is 60.7 Å². The van der Waals surface area contributed by atoms with E-state index in [1.54, 1.807) is 14.0 Å². The highest BCUT2D eigenvalue weighted by atomic mass is 16.5. The van der Waals surface area contributed by atoms with Gasteiger partial charge in [0, 0.05) is 6.54 Å². The fraction of sp³-hybridized carbons (Fsp3) is 0.381. The SMILES string of the molecule is COc1ccc([C@@](C)(O)[C@@H]2CCCN2C(=O)C2C=CC=CC=C2)cc1. The first kappa shape index (κ1) is 17.5. The van der Waals surface area contributed by atoms with Crippen LogP contribution in [-0.2, 0) is 10.4 Å². The molecular weight excluding hydrogens is 314 g/mol. The first-order valence-corrected chi connectivity index (χ1v) is 8.73. The second-order valence-corrected chi connectivity index (χ2v) is 6.75. The van der Waals surface area contributed by atoms with Gasteiger partial charge in [-0.1, -0.05) is 48.6 Å². The predicted octanol–water partition coefficient (Wildman–Crippen LogP) is 3.19. The third kappa shape index (κ3) is 3.54. The van der Waals surface area contributed by atoms with Gasteiger partial charge in [0.05, 0.1) is 19.1 Å². The average Bonchev–Trinajstić information content (AvgIpc) is 2.98. The maximum Gasteiger partial charge on any atom is 0.233 e. The Balaban J connectivity index is 1.83. The molecule has 1 aromatic carbocycles. The number of ether oxygens (including phenoxy) is 1. The molecule has 2 atom stereocenters.